The van der Waals surface area contributed by atoms with Gasteiger partial charge in [-0.15, -0.1) is 0 Å². The summed E-state index contributed by atoms with van der Waals surface area (Å²) < 4.78 is 11.6. The zero-order valence-electron chi connectivity index (χ0n) is 20.4. The molecule has 0 aliphatic carbocycles. The molecule has 0 saturated heterocycles. The fourth-order valence-electron chi connectivity index (χ4n) is 3.86. The van der Waals surface area contributed by atoms with Crippen LogP contribution in [0.2, 0.25) is 10.0 Å². The van der Waals surface area contributed by atoms with Gasteiger partial charge in [-0.2, -0.15) is 0 Å². The summed E-state index contributed by atoms with van der Waals surface area (Å²) in [6.07, 6.45) is 3.87. The molecular weight excluding hydrogens is 517 g/mol. The van der Waals surface area contributed by atoms with Gasteiger partial charge in [0.05, 0.1) is 27.7 Å². The summed E-state index contributed by atoms with van der Waals surface area (Å²) in [5, 5.41) is 7.11. The fourth-order valence-corrected chi connectivity index (χ4v) is 4.44. The van der Waals surface area contributed by atoms with Gasteiger partial charge in [-0.3, -0.25) is 20.9 Å². The largest absolute Gasteiger partial charge is 0.474 e. The van der Waals surface area contributed by atoms with Gasteiger partial charge in [-0.25, -0.2) is 4.98 Å². The van der Waals surface area contributed by atoms with Gasteiger partial charge in [-0.1, -0.05) is 23.2 Å². The number of pyridine rings is 2. The van der Waals surface area contributed by atoms with Crippen molar-refractivity contribution in [1.29, 1.82) is 0 Å². The van der Waals surface area contributed by atoms with Crippen molar-refractivity contribution in [2.75, 3.05) is 44.4 Å². The lowest BCUT2D eigenvalue weighted by Gasteiger charge is -2.29. The first-order chi connectivity index (χ1) is 17.7. The number of anilines is 2. The number of rotatable bonds is 8. The predicted molar refractivity (Wildman–Crippen MR) is 143 cm³/mol. The van der Waals surface area contributed by atoms with Crippen molar-refractivity contribution in [3.8, 4) is 11.6 Å². The molecule has 0 unspecified atom stereocenters. The van der Waals surface area contributed by atoms with Crippen LogP contribution in [0.3, 0.4) is 0 Å². The number of benzene rings is 1. The van der Waals surface area contributed by atoms with E-state index in [2.05, 4.69) is 9.97 Å². The Morgan fingerprint density at radius 1 is 1.24 bits per heavy atom. The van der Waals surface area contributed by atoms with Gasteiger partial charge in [0, 0.05) is 42.8 Å². The molecule has 3 aromatic rings. The van der Waals surface area contributed by atoms with E-state index in [0.717, 1.165) is 0 Å². The number of nitrogens with zero attached hydrogens (tertiary/aromatic N) is 4. The zero-order chi connectivity index (χ0) is 26.7. The molecule has 1 amide bonds. The number of fused-ring (bicyclic) bond motifs is 1. The predicted octanol–water partition coefficient (Wildman–Crippen LogP) is 1.68. The molecule has 1 atom stereocenters. The average Bonchev–Trinajstić information content (AvgIpc) is 2.87. The summed E-state index contributed by atoms with van der Waals surface area (Å²) >= 11 is 12.4. The van der Waals surface area contributed by atoms with Gasteiger partial charge in [0.15, 0.2) is 6.23 Å². The van der Waals surface area contributed by atoms with Gasteiger partial charge in [0.2, 0.25) is 17.5 Å². The highest BCUT2D eigenvalue weighted by atomic mass is 35.5. The van der Waals surface area contributed by atoms with Crippen molar-refractivity contribution in [2.45, 2.75) is 12.6 Å². The van der Waals surface area contributed by atoms with Gasteiger partial charge < -0.3 is 25.0 Å². The van der Waals surface area contributed by atoms with Crippen LogP contribution in [0.4, 0.5) is 11.4 Å². The second-order valence-electron chi connectivity index (χ2n) is 8.71. The molecule has 1 aliphatic rings. The van der Waals surface area contributed by atoms with Crippen molar-refractivity contribution in [3.63, 3.8) is 0 Å². The minimum Gasteiger partial charge on any atom is -0.474 e. The Hall–Kier alpha value is -3.44. The molecule has 0 radical (unpaired) electrons. The van der Waals surface area contributed by atoms with Crippen LogP contribution in [0.1, 0.15) is 29.3 Å². The van der Waals surface area contributed by atoms with Gasteiger partial charge >= 0.3 is 0 Å². The van der Waals surface area contributed by atoms with E-state index in [-0.39, 0.29) is 16.0 Å². The van der Waals surface area contributed by atoms with Crippen molar-refractivity contribution >= 4 is 46.2 Å². The van der Waals surface area contributed by atoms with Crippen LogP contribution in [0, 0.1) is 0 Å². The summed E-state index contributed by atoms with van der Waals surface area (Å²) in [5.74, 6) is 0.759. The highest BCUT2D eigenvalue weighted by Gasteiger charge is 2.27. The molecular formula is C25H28Cl2N7O3+. The van der Waals surface area contributed by atoms with E-state index >= 15 is 0 Å². The number of halogens is 2. The Labute approximate surface area is 224 Å². The zero-order valence-corrected chi connectivity index (χ0v) is 22.0. The Balaban J connectivity index is 1.60. The first kappa shape index (κ1) is 26.6. The summed E-state index contributed by atoms with van der Waals surface area (Å²) in [6.45, 7) is 1.42. The number of nitrogen functional groups attached to an aromatic ring is 1. The number of carbonyl (C=O) groups is 1. The van der Waals surface area contributed by atoms with Crippen LogP contribution >= 0.6 is 23.2 Å². The van der Waals surface area contributed by atoms with E-state index in [4.69, 9.17) is 49.6 Å². The summed E-state index contributed by atoms with van der Waals surface area (Å²) in [7, 11) is 3.84. The molecule has 3 heterocycles. The molecule has 0 fully saturated rings. The molecule has 12 heteroatoms. The van der Waals surface area contributed by atoms with Gasteiger partial charge in [0.25, 0.3) is 0 Å². The van der Waals surface area contributed by atoms with Crippen LogP contribution in [0.25, 0.3) is 0 Å². The third-order valence-corrected chi connectivity index (χ3v) is 6.42. The third-order valence-electron chi connectivity index (χ3n) is 5.81. The topological polar surface area (TPSA) is 145 Å². The van der Waals surface area contributed by atoms with E-state index in [1.165, 1.54) is 12.4 Å². The molecule has 2 aromatic heterocycles. The fraction of sp³-hybridized carbons (Fsp3) is 0.280. The van der Waals surface area contributed by atoms with Crippen LogP contribution in [0.15, 0.2) is 42.9 Å². The monoisotopic (exact) mass is 544 g/mol. The second-order valence-corrected chi connectivity index (χ2v) is 9.53. The molecule has 194 valence electrons. The minimum atomic E-state index is -0.954. The van der Waals surface area contributed by atoms with E-state index < -0.39 is 6.23 Å². The maximum absolute atomic E-state index is 12.9. The highest BCUT2D eigenvalue weighted by molar-refractivity contribution is 6.35. The molecule has 0 spiro atoms. The normalized spacial score (nSPS) is 13.6. The lowest BCUT2D eigenvalue weighted by molar-refractivity contribution is -0.119. The van der Waals surface area contributed by atoms with E-state index in [0.29, 0.717) is 71.5 Å². The van der Waals surface area contributed by atoms with Gasteiger partial charge in [-0.05, 0) is 38.4 Å². The third kappa shape index (κ3) is 5.94. The molecule has 4 rings (SSSR count). The molecule has 10 nitrogen and oxygen atoms in total. The summed E-state index contributed by atoms with van der Waals surface area (Å²) in [6, 6.07) is 6.77. The number of aromatic nitrogens is 2. The van der Waals surface area contributed by atoms with E-state index in [9.17, 15) is 4.79 Å². The van der Waals surface area contributed by atoms with Crippen molar-refractivity contribution in [3.05, 3.63) is 69.6 Å². The Morgan fingerprint density at radius 2 is 1.97 bits per heavy atom. The first-order valence-corrected chi connectivity index (χ1v) is 12.2. The Morgan fingerprint density at radius 3 is 2.68 bits per heavy atom. The minimum absolute atomic E-state index is 0.0203. The molecule has 1 aliphatic heterocycles. The van der Waals surface area contributed by atoms with Crippen molar-refractivity contribution in [2.24, 2.45) is 5.73 Å². The first-order valence-electron chi connectivity index (χ1n) is 11.5. The maximum atomic E-state index is 12.9. The van der Waals surface area contributed by atoms with Crippen LogP contribution in [-0.2, 0) is 4.79 Å². The number of hydrogen-bond donors (Lipinski definition) is 3. The van der Waals surface area contributed by atoms with Crippen molar-refractivity contribution in [1.82, 2.24) is 14.9 Å². The standard InChI is InChI=1S/C25H27Cl2N7O3/c1-33(2)6-5-21(35)34-7-8-36-25-20(34)9-14(11-32-25)23(29)16-10-15(3-4-19(16)28)37-24(30)22-17(26)12-31-13-18(22)27/h3-4,9-13,24,29H,5-8,28,30H2,1-2H3/p+1/t24-/m0/s1. The number of amides is 1. The SMILES string of the molecule is CN(C)CCC(=O)N1CCOc2ncc(C(=[NH2+])c3cc(O[C@H](N)c4c(Cl)cncc4Cl)ccc3N)cc21. The van der Waals surface area contributed by atoms with Crippen LogP contribution in [0.5, 0.6) is 11.6 Å². The second kappa shape index (κ2) is 11.3. The van der Waals surface area contributed by atoms with E-state index in [1.807, 2.05) is 19.0 Å². The van der Waals surface area contributed by atoms with Crippen LogP contribution in [-0.4, -0.2) is 60.3 Å². The number of carbonyl (C=O) groups excluding carboxylic acids is 1. The number of ether oxygens (including phenoxy) is 2. The maximum Gasteiger partial charge on any atom is 0.238 e. The van der Waals surface area contributed by atoms with E-state index in [1.54, 1.807) is 35.4 Å². The lowest BCUT2D eigenvalue weighted by Crippen LogP contribution is -2.42. The highest BCUT2D eigenvalue weighted by Crippen LogP contribution is 2.33. The molecule has 6 N–H and O–H groups in total. The number of hydrogen-bond acceptors (Lipinski definition) is 8. The summed E-state index contributed by atoms with van der Waals surface area (Å²) in [4.78, 5) is 24.9. The number of nitrogens with two attached hydrogens (primary N) is 3. The quantitative estimate of drug-likeness (QED) is 0.220. The Kier molecular flexibility index (Phi) is 8.13. The average molecular weight is 545 g/mol. The van der Waals surface area contributed by atoms with Crippen LogP contribution < -0.4 is 31.3 Å². The molecule has 0 bridgehead atoms. The van der Waals surface area contributed by atoms with Crippen molar-refractivity contribution < 1.29 is 19.7 Å². The molecule has 37 heavy (non-hydrogen) atoms. The molecule has 0 saturated carbocycles. The smallest absolute Gasteiger partial charge is 0.238 e. The molecule has 1 aromatic carbocycles. The van der Waals surface area contributed by atoms with Gasteiger partial charge in [0.1, 0.15) is 18.0 Å². The lowest BCUT2D eigenvalue weighted by atomic mass is 10.0. The summed E-state index contributed by atoms with van der Waals surface area (Å²) in [5.41, 5.74) is 15.3. The Bertz CT molecular complexity index is 1320.